The number of aromatic nitrogens is 2. The molecule has 0 atom stereocenters. The molecule has 1 heterocycles. The Labute approximate surface area is 164 Å². The minimum Gasteiger partial charge on any atom is -0.545 e. The van der Waals surface area contributed by atoms with E-state index in [1.807, 2.05) is 0 Å². The number of rotatable bonds is 4. The first-order valence-corrected chi connectivity index (χ1v) is 7.51. The van der Waals surface area contributed by atoms with Crippen molar-refractivity contribution < 1.29 is 69.7 Å². The van der Waals surface area contributed by atoms with Gasteiger partial charge < -0.3 is 9.90 Å². The van der Waals surface area contributed by atoms with Gasteiger partial charge in [-0.25, -0.2) is 13.1 Å². The molecule has 2 rings (SSSR count). The number of carboxylic acid groups (broad SMARTS) is 1. The van der Waals surface area contributed by atoms with Crippen LogP contribution in [0.4, 0.5) is 5.82 Å². The summed E-state index contributed by atoms with van der Waals surface area (Å²) < 4.78 is 26.3. The van der Waals surface area contributed by atoms with Gasteiger partial charge in [0.2, 0.25) is 10.0 Å². The van der Waals surface area contributed by atoms with Crippen LogP contribution in [-0.4, -0.2) is 30.4 Å². The van der Waals surface area contributed by atoms with Gasteiger partial charge in [0.05, 0.1) is 23.6 Å². The number of aryl methyl sites for hydroxylation is 1. The number of nitrogens with zero attached hydrogens (tertiary/aromatic N) is 2. The number of hydrogen-bond donors (Lipinski definition) is 1. The Morgan fingerprint density at radius 1 is 1.29 bits per heavy atom. The number of carboxylic acids is 1. The topological polar surface area (TPSA) is 104 Å². The van der Waals surface area contributed by atoms with Crippen LogP contribution >= 0.6 is 0 Å². The predicted molar refractivity (Wildman–Crippen MR) is 71.1 cm³/mol. The Kier molecular flexibility index (Phi) is 6.14. The van der Waals surface area contributed by atoms with Gasteiger partial charge in [-0.1, -0.05) is 12.1 Å². The molecule has 0 bridgehead atoms. The number of anilines is 1. The van der Waals surface area contributed by atoms with Crippen molar-refractivity contribution in [3.8, 4) is 5.69 Å². The number of aromatic carboxylic acids is 1. The third-order valence-corrected chi connectivity index (χ3v) is 3.05. The molecule has 1 aromatic heterocycles. The Balaban J connectivity index is 0.00000220. The SMILES string of the molecule is Cc1cc(NS(C)(=O)=O)n(-c2ccc(C(=O)[O-])cc2)n1.[K+]. The van der Waals surface area contributed by atoms with Gasteiger partial charge in [-0.3, -0.25) is 4.72 Å². The molecule has 2 aromatic rings. The van der Waals surface area contributed by atoms with Crippen molar-refractivity contribution in [1.82, 2.24) is 9.78 Å². The first-order chi connectivity index (χ1) is 9.26. The Bertz CT molecular complexity index is 753. The fraction of sp³-hybridized carbons (Fsp3) is 0.167. The van der Waals surface area contributed by atoms with Gasteiger partial charge >= 0.3 is 51.4 Å². The van der Waals surface area contributed by atoms with Crippen LogP contribution in [-0.2, 0) is 10.0 Å². The van der Waals surface area contributed by atoms with Gasteiger partial charge in [0, 0.05) is 6.07 Å². The first kappa shape index (κ1) is 18.3. The molecule has 0 spiro atoms. The largest absolute Gasteiger partial charge is 1.00 e. The van der Waals surface area contributed by atoms with Crippen molar-refractivity contribution in [2.45, 2.75) is 6.92 Å². The van der Waals surface area contributed by atoms with E-state index in [0.29, 0.717) is 11.4 Å². The smallest absolute Gasteiger partial charge is 0.545 e. The number of benzene rings is 1. The summed E-state index contributed by atoms with van der Waals surface area (Å²) in [4.78, 5) is 10.7. The maximum atomic E-state index is 11.3. The van der Waals surface area contributed by atoms with Crippen molar-refractivity contribution >= 4 is 21.8 Å². The van der Waals surface area contributed by atoms with Crippen LogP contribution < -0.4 is 61.2 Å². The average Bonchev–Trinajstić information content (AvgIpc) is 2.68. The number of nitrogens with one attached hydrogen (secondary N) is 1. The molecule has 21 heavy (non-hydrogen) atoms. The molecule has 9 heteroatoms. The minimum absolute atomic E-state index is 0. The minimum atomic E-state index is -3.43. The second kappa shape index (κ2) is 7.03. The Morgan fingerprint density at radius 2 is 1.86 bits per heavy atom. The van der Waals surface area contributed by atoms with E-state index in [-0.39, 0.29) is 62.8 Å². The zero-order chi connectivity index (χ0) is 14.9. The molecule has 0 fully saturated rings. The fourth-order valence-corrected chi connectivity index (χ4v) is 2.22. The van der Waals surface area contributed by atoms with Crippen molar-refractivity contribution in [2.75, 3.05) is 11.0 Å². The van der Waals surface area contributed by atoms with Crippen LogP contribution in [0, 0.1) is 6.92 Å². The van der Waals surface area contributed by atoms with Gasteiger partial charge in [0.25, 0.3) is 0 Å². The molecule has 0 aliphatic rings. The van der Waals surface area contributed by atoms with Crippen LogP contribution in [0.25, 0.3) is 5.69 Å². The zero-order valence-electron chi connectivity index (χ0n) is 11.8. The number of hydrogen-bond acceptors (Lipinski definition) is 5. The van der Waals surface area contributed by atoms with Crippen molar-refractivity contribution in [1.29, 1.82) is 0 Å². The van der Waals surface area contributed by atoms with Crippen LogP contribution in [0.3, 0.4) is 0 Å². The van der Waals surface area contributed by atoms with Crippen LogP contribution in [0.5, 0.6) is 0 Å². The third-order valence-electron chi connectivity index (χ3n) is 2.47. The van der Waals surface area contributed by atoms with E-state index in [1.165, 1.54) is 28.9 Å². The van der Waals surface area contributed by atoms with Crippen molar-refractivity contribution in [2.24, 2.45) is 0 Å². The predicted octanol–water partition coefficient (Wildman–Crippen LogP) is -3.08. The average molecular weight is 333 g/mol. The van der Waals surface area contributed by atoms with E-state index in [9.17, 15) is 18.3 Å². The molecular weight excluding hydrogens is 321 g/mol. The molecule has 0 unspecified atom stereocenters. The van der Waals surface area contributed by atoms with E-state index < -0.39 is 16.0 Å². The second-order valence-electron chi connectivity index (χ2n) is 4.29. The monoisotopic (exact) mass is 333 g/mol. The van der Waals surface area contributed by atoms with Crippen LogP contribution in [0.15, 0.2) is 30.3 Å². The summed E-state index contributed by atoms with van der Waals surface area (Å²) >= 11 is 0. The van der Waals surface area contributed by atoms with Gasteiger partial charge in [-0.2, -0.15) is 5.10 Å². The summed E-state index contributed by atoms with van der Waals surface area (Å²) in [6.07, 6.45) is 1.04. The van der Waals surface area contributed by atoms with Gasteiger partial charge in [-0.05, 0) is 24.6 Å². The van der Waals surface area contributed by atoms with Gasteiger partial charge in [-0.15, -0.1) is 0 Å². The summed E-state index contributed by atoms with van der Waals surface area (Å²) in [6, 6.07) is 7.35. The maximum absolute atomic E-state index is 11.3. The fourth-order valence-electron chi connectivity index (χ4n) is 1.70. The number of sulfonamides is 1. The van der Waals surface area contributed by atoms with E-state index in [4.69, 9.17) is 0 Å². The molecule has 1 aromatic carbocycles. The van der Waals surface area contributed by atoms with Crippen molar-refractivity contribution in [3.63, 3.8) is 0 Å². The van der Waals surface area contributed by atoms with E-state index in [1.54, 1.807) is 13.0 Å². The molecule has 0 aliphatic heterocycles. The summed E-state index contributed by atoms with van der Waals surface area (Å²) in [7, 11) is -3.43. The Hall–Kier alpha value is -0.714. The molecule has 7 nitrogen and oxygen atoms in total. The standard InChI is InChI=1S/C12H13N3O4S.K/c1-8-7-11(14-20(2,18)19)15(13-8)10-5-3-9(4-6-10)12(16)17;/h3-7,14H,1-2H3,(H,16,17);/q;+1/p-1. The van der Waals surface area contributed by atoms with Crippen molar-refractivity contribution in [3.05, 3.63) is 41.6 Å². The zero-order valence-corrected chi connectivity index (χ0v) is 15.8. The van der Waals surface area contributed by atoms with E-state index in [0.717, 1.165) is 6.26 Å². The maximum Gasteiger partial charge on any atom is 1.00 e. The number of carbonyl (C=O) groups is 1. The molecule has 1 N–H and O–H groups in total. The molecule has 0 saturated heterocycles. The molecule has 0 saturated carbocycles. The normalized spacial score (nSPS) is 10.8. The van der Waals surface area contributed by atoms with Gasteiger partial charge in [0.1, 0.15) is 5.82 Å². The summed E-state index contributed by atoms with van der Waals surface area (Å²) in [6.45, 7) is 1.72. The second-order valence-corrected chi connectivity index (χ2v) is 6.04. The molecule has 0 radical (unpaired) electrons. The summed E-state index contributed by atoms with van der Waals surface area (Å²) in [5.41, 5.74) is 1.20. The Morgan fingerprint density at radius 3 is 2.33 bits per heavy atom. The molecular formula is C12H12KN3O4S. The van der Waals surface area contributed by atoms with Crippen LogP contribution in [0.2, 0.25) is 0 Å². The third kappa shape index (κ3) is 4.90. The summed E-state index contributed by atoms with van der Waals surface area (Å²) in [5.74, 6) is -0.992. The van der Waals surface area contributed by atoms with E-state index in [2.05, 4.69) is 9.82 Å². The first-order valence-electron chi connectivity index (χ1n) is 5.62. The molecule has 0 amide bonds. The molecule has 106 valence electrons. The quantitative estimate of drug-likeness (QED) is 0.598. The van der Waals surface area contributed by atoms with Crippen LogP contribution in [0.1, 0.15) is 16.1 Å². The molecule has 0 aliphatic carbocycles. The van der Waals surface area contributed by atoms with Gasteiger partial charge in [0.15, 0.2) is 0 Å². The van der Waals surface area contributed by atoms with E-state index >= 15 is 0 Å². The number of carbonyl (C=O) groups excluding carboxylic acids is 1. The summed E-state index contributed by atoms with van der Waals surface area (Å²) in [5, 5.41) is 14.8.